The Hall–Kier alpha value is -1.37. The summed E-state index contributed by atoms with van der Waals surface area (Å²) < 4.78 is 31.2. The third kappa shape index (κ3) is 2.59. The number of hydrogen-bond donors (Lipinski definition) is 1. The van der Waals surface area contributed by atoms with Crippen molar-refractivity contribution in [1.82, 2.24) is 0 Å². The van der Waals surface area contributed by atoms with Crippen molar-refractivity contribution in [3.8, 4) is 5.75 Å². The van der Waals surface area contributed by atoms with Crippen molar-refractivity contribution in [1.29, 1.82) is 0 Å². The fourth-order valence-corrected chi connectivity index (χ4v) is 5.23. The van der Waals surface area contributed by atoms with Gasteiger partial charge in [0.25, 0.3) is 0 Å². The Morgan fingerprint density at radius 1 is 1.29 bits per heavy atom. The van der Waals surface area contributed by atoms with Gasteiger partial charge in [-0.15, -0.1) is 11.3 Å². The van der Waals surface area contributed by atoms with Gasteiger partial charge in [-0.05, 0) is 26.0 Å². The van der Waals surface area contributed by atoms with E-state index >= 15 is 0 Å². The van der Waals surface area contributed by atoms with Crippen LogP contribution < -0.4 is 4.74 Å². The van der Waals surface area contributed by atoms with Crippen LogP contribution in [0.2, 0.25) is 0 Å². The molecule has 1 aliphatic heterocycles. The molecule has 0 fully saturated rings. The summed E-state index contributed by atoms with van der Waals surface area (Å²) in [5, 5.41) is 10.2. The molecule has 1 unspecified atom stereocenters. The van der Waals surface area contributed by atoms with E-state index in [0.29, 0.717) is 17.0 Å². The molecule has 2 heterocycles. The number of sulfone groups is 1. The van der Waals surface area contributed by atoms with Crippen LogP contribution in [0.15, 0.2) is 45.5 Å². The predicted octanol–water partition coefficient (Wildman–Crippen LogP) is 3.18. The fraction of sp³-hybridized carbons (Fsp3) is 0.333. The summed E-state index contributed by atoms with van der Waals surface area (Å²) in [4.78, 5) is 0.834. The number of fused-ring (bicyclic) bond motifs is 1. The summed E-state index contributed by atoms with van der Waals surface area (Å²) in [5.74, 6) is 0.471. The first kappa shape index (κ1) is 14.6. The molecule has 0 aliphatic carbocycles. The number of benzene rings is 1. The number of aliphatic hydroxyl groups excluding tert-OH is 1. The van der Waals surface area contributed by atoms with Gasteiger partial charge in [-0.1, -0.05) is 18.2 Å². The van der Waals surface area contributed by atoms with Crippen LogP contribution in [0, 0.1) is 0 Å². The molecule has 3 rings (SSSR count). The molecule has 0 bridgehead atoms. The Labute approximate surface area is 127 Å². The van der Waals surface area contributed by atoms with E-state index in [4.69, 9.17) is 4.74 Å². The normalized spacial score (nSPS) is 20.6. The molecule has 0 amide bonds. The van der Waals surface area contributed by atoms with Crippen molar-refractivity contribution in [2.75, 3.05) is 0 Å². The zero-order chi connectivity index (χ0) is 15.3. The minimum Gasteiger partial charge on any atom is -0.486 e. The molecule has 1 N–H and O–H groups in total. The van der Waals surface area contributed by atoms with Crippen LogP contribution in [0.3, 0.4) is 0 Å². The number of thiophene rings is 1. The summed E-state index contributed by atoms with van der Waals surface area (Å²) in [6.07, 6.45) is -0.237. The molecule has 1 aromatic carbocycles. The second-order valence-electron chi connectivity index (χ2n) is 5.69. The zero-order valence-electron chi connectivity index (χ0n) is 11.7. The Morgan fingerprint density at radius 3 is 2.62 bits per heavy atom. The van der Waals surface area contributed by atoms with Crippen LogP contribution in [0.5, 0.6) is 5.75 Å². The lowest BCUT2D eigenvalue weighted by atomic mass is 9.97. The van der Waals surface area contributed by atoms with Crippen LogP contribution in [0.1, 0.15) is 31.2 Å². The minimum absolute atomic E-state index is 0.204. The van der Waals surface area contributed by atoms with Crippen molar-refractivity contribution in [3.05, 3.63) is 41.3 Å². The monoisotopic (exact) mass is 324 g/mol. The Kier molecular flexibility index (Phi) is 3.35. The lowest BCUT2D eigenvalue weighted by molar-refractivity contribution is 0.0144. The standard InChI is InChI=1S/C15H16O4S2/c1-15(2)9-11(16)14-12(19-15)8-13(20-14)21(17,18)10-6-4-3-5-7-10/h3-8,11,16H,9H2,1-2H3. The van der Waals surface area contributed by atoms with Gasteiger partial charge < -0.3 is 9.84 Å². The highest BCUT2D eigenvalue weighted by Crippen LogP contribution is 2.46. The molecule has 112 valence electrons. The highest BCUT2D eigenvalue weighted by atomic mass is 32.2. The van der Waals surface area contributed by atoms with E-state index < -0.39 is 21.5 Å². The van der Waals surface area contributed by atoms with Gasteiger partial charge in [0, 0.05) is 12.5 Å². The SMILES string of the molecule is CC1(C)CC(O)c2sc(S(=O)(=O)c3ccccc3)cc2O1. The summed E-state index contributed by atoms with van der Waals surface area (Å²) in [6, 6.07) is 9.80. The molecule has 21 heavy (non-hydrogen) atoms. The molecule has 1 aromatic heterocycles. The van der Waals surface area contributed by atoms with Crippen LogP contribution in [0.4, 0.5) is 0 Å². The van der Waals surface area contributed by atoms with Crippen molar-refractivity contribution in [3.63, 3.8) is 0 Å². The van der Waals surface area contributed by atoms with Gasteiger partial charge in [0.2, 0.25) is 9.84 Å². The third-order valence-electron chi connectivity index (χ3n) is 3.39. The van der Waals surface area contributed by atoms with Gasteiger partial charge in [0.05, 0.1) is 15.9 Å². The van der Waals surface area contributed by atoms with E-state index in [9.17, 15) is 13.5 Å². The van der Waals surface area contributed by atoms with Gasteiger partial charge in [0.1, 0.15) is 15.6 Å². The van der Waals surface area contributed by atoms with Crippen molar-refractivity contribution in [2.45, 2.75) is 41.1 Å². The molecule has 2 aromatic rings. The van der Waals surface area contributed by atoms with Crippen LogP contribution in [-0.4, -0.2) is 19.1 Å². The largest absolute Gasteiger partial charge is 0.486 e. The smallest absolute Gasteiger partial charge is 0.216 e. The van der Waals surface area contributed by atoms with E-state index in [0.717, 1.165) is 11.3 Å². The van der Waals surface area contributed by atoms with E-state index in [1.54, 1.807) is 30.3 Å². The maximum absolute atomic E-state index is 12.6. The maximum atomic E-state index is 12.6. The summed E-state index contributed by atoms with van der Waals surface area (Å²) in [6.45, 7) is 3.75. The highest BCUT2D eigenvalue weighted by Gasteiger charge is 2.36. The average Bonchev–Trinajstić information content (AvgIpc) is 2.83. The first-order chi connectivity index (χ1) is 9.79. The summed E-state index contributed by atoms with van der Waals surface area (Å²) in [7, 11) is -3.57. The van der Waals surface area contributed by atoms with Crippen LogP contribution in [0.25, 0.3) is 0 Å². The molecule has 1 aliphatic rings. The average molecular weight is 324 g/mol. The third-order valence-corrected chi connectivity index (χ3v) is 6.86. The van der Waals surface area contributed by atoms with Gasteiger partial charge in [-0.25, -0.2) is 8.42 Å². The van der Waals surface area contributed by atoms with E-state index in [1.807, 2.05) is 13.8 Å². The lowest BCUT2D eigenvalue weighted by Gasteiger charge is -2.33. The van der Waals surface area contributed by atoms with Crippen molar-refractivity contribution >= 4 is 21.2 Å². The van der Waals surface area contributed by atoms with Crippen molar-refractivity contribution < 1.29 is 18.3 Å². The molecular formula is C15H16O4S2. The number of aliphatic hydroxyl groups is 1. The Morgan fingerprint density at radius 2 is 1.95 bits per heavy atom. The second-order valence-corrected chi connectivity index (χ2v) is 8.95. The first-order valence-electron chi connectivity index (χ1n) is 6.60. The number of rotatable bonds is 2. The lowest BCUT2D eigenvalue weighted by Crippen LogP contribution is -2.33. The summed E-state index contributed by atoms with van der Waals surface area (Å²) in [5.41, 5.74) is -0.499. The van der Waals surface area contributed by atoms with Gasteiger partial charge in [-0.3, -0.25) is 0 Å². The zero-order valence-corrected chi connectivity index (χ0v) is 13.4. The van der Waals surface area contributed by atoms with E-state index in [1.165, 1.54) is 6.07 Å². The first-order valence-corrected chi connectivity index (χ1v) is 8.90. The highest BCUT2D eigenvalue weighted by molar-refractivity contribution is 7.93. The molecule has 0 saturated carbocycles. The fourth-order valence-electron chi connectivity index (χ4n) is 2.42. The quantitative estimate of drug-likeness (QED) is 0.921. The number of ether oxygens (including phenoxy) is 1. The molecule has 4 nitrogen and oxygen atoms in total. The topological polar surface area (TPSA) is 63.6 Å². The van der Waals surface area contributed by atoms with Gasteiger partial charge in [0.15, 0.2) is 0 Å². The Balaban J connectivity index is 2.07. The molecule has 0 saturated heterocycles. The van der Waals surface area contributed by atoms with Gasteiger partial charge >= 0.3 is 0 Å². The molecular weight excluding hydrogens is 308 g/mol. The van der Waals surface area contributed by atoms with Crippen LogP contribution in [-0.2, 0) is 9.84 Å². The van der Waals surface area contributed by atoms with Crippen molar-refractivity contribution in [2.24, 2.45) is 0 Å². The Bertz CT molecular complexity index is 760. The molecule has 0 spiro atoms. The van der Waals surface area contributed by atoms with Gasteiger partial charge in [-0.2, -0.15) is 0 Å². The molecule has 0 radical (unpaired) electrons. The van der Waals surface area contributed by atoms with E-state index in [2.05, 4.69) is 0 Å². The van der Waals surface area contributed by atoms with E-state index in [-0.39, 0.29) is 9.10 Å². The molecule has 1 atom stereocenters. The minimum atomic E-state index is -3.57. The van der Waals surface area contributed by atoms with Crippen LogP contribution >= 0.6 is 11.3 Å². The molecule has 6 heteroatoms. The maximum Gasteiger partial charge on any atom is 0.216 e. The second kappa shape index (κ2) is 4.83. The summed E-state index contributed by atoms with van der Waals surface area (Å²) >= 11 is 1.08. The predicted molar refractivity (Wildman–Crippen MR) is 80.5 cm³/mol. The number of hydrogen-bond acceptors (Lipinski definition) is 5.